The minimum Gasteiger partial charge on any atom is -0.340 e. The molecule has 0 aliphatic carbocycles. The molecule has 1 aliphatic heterocycles. The highest BCUT2D eigenvalue weighted by Crippen LogP contribution is 2.25. The molecular weight excluding hydrogens is 439 g/mol. The zero-order valence-corrected chi connectivity index (χ0v) is 19.5. The van der Waals surface area contributed by atoms with Gasteiger partial charge in [-0.1, -0.05) is 23.9 Å². The molecule has 1 saturated heterocycles. The highest BCUT2D eigenvalue weighted by molar-refractivity contribution is 8.00. The van der Waals surface area contributed by atoms with E-state index in [1.807, 2.05) is 7.05 Å². The number of hydrogen-bond donors (Lipinski definition) is 0. The predicted octanol–water partition coefficient (Wildman–Crippen LogP) is 2.30. The minimum absolute atomic E-state index is 0.120. The number of pyridine rings is 1. The summed E-state index contributed by atoms with van der Waals surface area (Å²) in [6, 6.07) is 9.32. The average Bonchev–Trinajstić information content (AvgIpc) is 2.74. The maximum atomic E-state index is 13.4. The van der Waals surface area contributed by atoms with Crippen LogP contribution in [0.1, 0.15) is 12.5 Å². The molecule has 1 atom stereocenters. The standard InChI is InChI=1S/C21H27FN4O3S2/c1-16(21(27)25(3)15-17-5-4-6-18(22)13-17)30-20-8-7-19(14-23-20)31(28,29)26-11-9-24(2)10-12-26/h4-8,13-14,16H,9-12,15H2,1-3H3. The van der Waals surface area contributed by atoms with Crippen molar-refractivity contribution < 1.29 is 17.6 Å². The van der Waals surface area contributed by atoms with Gasteiger partial charge >= 0.3 is 0 Å². The maximum Gasteiger partial charge on any atom is 0.244 e. The van der Waals surface area contributed by atoms with Crippen molar-refractivity contribution in [2.75, 3.05) is 40.3 Å². The van der Waals surface area contributed by atoms with Crippen LogP contribution in [0.2, 0.25) is 0 Å². The van der Waals surface area contributed by atoms with Gasteiger partial charge in [0.15, 0.2) is 0 Å². The van der Waals surface area contributed by atoms with E-state index in [0.717, 1.165) is 0 Å². The third-order valence-corrected chi connectivity index (χ3v) is 8.06. The Morgan fingerprint density at radius 3 is 2.55 bits per heavy atom. The first-order chi connectivity index (χ1) is 14.7. The summed E-state index contributed by atoms with van der Waals surface area (Å²) in [7, 11) is 0.0684. The predicted molar refractivity (Wildman–Crippen MR) is 119 cm³/mol. The van der Waals surface area contributed by atoms with E-state index in [9.17, 15) is 17.6 Å². The number of rotatable bonds is 7. The molecule has 1 fully saturated rings. The number of amides is 1. The minimum atomic E-state index is -3.57. The number of carbonyl (C=O) groups excluding carboxylic acids is 1. The van der Waals surface area contributed by atoms with Crippen LogP contribution in [-0.4, -0.2) is 78.9 Å². The number of thioether (sulfide) groups is 1. The molecule has 168 valence electrons. The highest BCUT2D eigenvalue weighted by Gasteiger charge is 2.28. The van der Waals surface area contributed by atoms with Crippen molar-refractivity contribution in [3.8, 4) is 0 Å². The van der Waals surface area contributed by atoms with Crippen LogP contribution in [0.5, 0.6) is 0 Å². The van der Waals surface area contributed by atoms with E-state index in [0.29, 0.717) is 43.3 Å². The summed E-state index contributed by atoms with van der Waals surface area (Å²) in [6.45, 7) is 4.38. The van der Waals surface area contributed by atoms with E-state index in [1.165, 1.54) is 40.5 Å². The van der Waals surface area contributed by atoms with Crippen LogP contribution in [0.3, 0.4) is 0 Å². The zero-order valence-electron chi connectivity index (χ0n) is 17.9. The summed E-state index contributed by atoms with van der Waals surface area (Å²) >= 11 is 1.26. The first-order valence-electron chi connectivity index (χ1n) is 9.97. The monoisotopic (exact) mass is 466 g/mol. The molecular formula is C21H27FN4O3S2. The topological polar surface area (TPSA) is 73.8 Å². The molecule has 1 aliphatic rings. The fraction of sp³-hybridized carbons (Fsp3) is 0.429. The molecule has 0 radical (unpaired) electrons. The molecule has 1 aromatic carbocycles. The van der Waals surface area contributed by atoms with Gasteiger partial charge in [-0.2, -0.15) is 4.31 Å². The smallest absolute Gasteiger partial charge is 0.244 e. The molecule has 1 unspecified atom stereocenters. The van der Waals surface area contributed by atoms with E-state index in [-0.39, 0.29) is 16.6 Å². The van der Waals surface area contributed by atoms with Crippen molar-refractivity contribution in [1.82, 2.24) is 19.1 Å². The fourth-order valence-electron chi connectivity index (χ4n) is 3.30. The van der Waals surface area contributed by atoms with Crippen LogP contribution >= 0.6 is 11.8 Å². The quantitative estimate of drug-likeness (QED) is 0.583. The molecule has 1 aromatic heterocycles. The van der Waals surface area contributed by atoms with Gasteiger partial charge in [0.05, 0.1) is 10.3 Å². The van der Waals surface area contributed by atoms with E-state index in [1.54, 1.807) is 37.1 Å². The number of sulfonamides is 1. The SMILES string of the molecule is CC(Sc1ccc(S(=O)(=O)N2CCN(C)CC2)cn1)C(=O)N(C)Cc1cccc(F)c1. The Kier molecular flexibility index (Phi) is 7.68. The van der Waals surface area contributed by atoms with Crippen molar-refractivity contribution in [3.05, 3.63) is 54.0 Å². The summed E-state index contributed by atoms with van der Waals surface area (Å²) in [5.41, 5.74) is 0.713. The number of nitrogens with zero attached hydrogens (tertiary/aromatic N) is 4. The number of hydrogen-bond acceptors (Lipinski definition) is 6. The number of halogens is 1. The van der Waals surface area contributed by atoms with E-state index >= 15 is 0 Å². The summed E-state index contributed by atoms with van der Waals surface area (Å²) < 4.78 is 40.4. The largest absolute Gasteiger partial charge is 0.340 e. The lowest BCUT2D eigenvalue weighted by molar-refractivity contribution is -0.129. The Labute approximate surface area is 187 Å². The van der Waals surface area contributed by atoms with Crippen LogP contribution in [0, 0.1) is 5.82 Å². The molecule has 1 amide bonds. The molecule has 2 aromatic rings. The fourth-order valence-corrected chi connectivity index (χ4v) is 5.57. The average molecular weight is 467 g/mol. The Balaban J connectivity index is 1.60. The van der Waals surface area contributed by atoms with Crippen LogP contribution in [0.4, 0.5) is 4.39 Å². The number of benzene rings is 1. The lowest BCUT2D eigenvalue weighted by atomic mass is 10.2. The molecule has 3 rings (SSSR count). The summed E-state index contributed by atoms with van der Waals surface area (Å²) in [5.74, 6) is -0.457. The number of carbonyl (C=O) groups is 1. The second-order valence-corrected chi connectivity index (χ2v) is 10.9. The Morgan fingerprint density at radius 2 is 1.94 bits per heavy atom. The van der Waals surface area contributed by atoms with Gasteiger partial charge in [0, 0.05) is 46.0 Å². The van der Waals surface area contributed by atoms with Crippen molar-refractivity contribution in [1.29, 1.82) is 0 Å². The van der Waals surface area contributed by atoms with Gasteiger partial charge in [0.1, 0.15) is 10.7 Å². The molecule has 0 N–H and O–H groups in total. The third kappa shape index (κ3) is 6.03. The molecule has 0 bridgehead atoms. The first kappa shape index (κ1) is 23.6. The Bertz CT molecular complexity index is 1010. The second-order valence-electron chi connectivity index (χ2n) is 7.62. The van der Waals surface area contributed by atoms with E-state index in [4.69, 9.17) is 0 Å². The van der Waals surface area contributed by atoms with Crippen LogP contribution in [0.15, 0.2) is 52.5 Å². The number of likely N-dealkylation sites (N-methyl/N-ethyl adjacent to an activating group) is 1. The molecule has 7 nitrogen and oxygen atoms in total. The van der Waals surface area contributed by atoms with Gasteiger partial charge in [-0.15, -0.1) is 0 Å². The molecule has 0 spiro atoms. The van der Waals surface area contributed by atoms with Crippen molar-refractivity contribution in [3.63, 3.8) is 0 Å². The van der Waals surface area contributed by atoms with Crippen molar-refractivity contribution >= 4 is 27.7 Å². The third-order valence-electron chi connectivity index (χ3n) is 5.14. The van der Waals surface area contributed by atoms with Crippen molar-refractivity contribution in [2.45, 2.75) is 28.6 Å². The van der Waals surface area contributed by atoms with Gasteiger partial charge in [0.25, 0.3) is 0 Å². The zero-order chi connectivity index (χ0) is 22.6. The van der Waals surface area contributed by atoms with Crippen LogP contribution < -0.4 is 0 Å². The maximum absolute atomic E-state index is 13.4. The molecule has 2 heterocycles. The van der Waals surface area contributed by atoms with Crippen molar-refractivity contribution in [2.24, 2.45) is 0 Å². The number of aromatic nitrogens is 1. The van der Waals surface area contributed by atoms with Gasteiger partial charge < -0.3 is 9.80 Å². The van der Waals surface area contributed by atoms with Gasteiger partial charge in [-0.05, 0) is 43.8 Å². The lowest BCUT2D eigenvalue weighted by Crippen LogP contribution is -2.47. The second kappa shape index (κ2) is 10.1. The Hall–Kier alpha value is -2.01. The lowest BCUT2D eigenvalue weighted by Gasteiger charge is -2.31. The van der Waals surface area contributed by atoms with Gasteiger partial charge in [-0.3, -0.25) is 4.79 Å². The van der Waals surface area contributed by atoms with Gasteiger partial charge in [-0.25, -0.2) is 17.8 Å². The summed E-state index contributed by atoms with van der Waals surface area (Å²) in [6.07, 6.45) is 1.35. The normalized spacial score (nSPS) is 16.8. The van der Waals surface area contributed by atoms with E-state index in [2.05, 4.69) is 9.88 Å². The number of piperazine rings is 1. The molecule has 0 saturated carbocycles. The molecule has 10 heteroatoms. The Morgan fingerprint density at radius 1 is 1.23 bits per heavy atom. The first-order valence-corrected chi connectivity index (χ1v) is 12.3. The van der Waals surface area contributed by atoms with Gasteiger partial charge in [0.2, 0.25) is 15.9 Å². The summed E-state index contributed by atoms with van der Waals surface area (Å²) in [4.78, 5) is 20.7. The van der Waals surface area contributed by atoms with Crippen LogP contribution in [-0.2, 0) is 21.4 Å². The highest BCUT2D eigenvalue weighted by atomic mass is 32.2. The molecule has 31 heavy (non-hydrogen) atoms. The summed E-state index contributed by atoms with van der Waals surface area (Å²) in [5, 5.41) is 0.142. The van der Waals surface area contributed by atoms with E-state index < -0.39 is 15.3 Å². The van der Waals surface area contributed by atoms with Crippen LogP contribution in [0.25, 0.3) is 0 Å².